The Balaban J connectivity index is 1.80. The lowest BCUT2D eigenvalue weighted by Gasteiger charge is -2.06. The van der Waals surface area contributed by atoms with Crippen LogP contribution in [-0.2, 0) is 0 Å². The lowest BCUT2D eigenvalue weighted by atomic mass is 10.2. The molecule has 0 saturated heterocycles. The van der Waals surface area contributed by atoms with Crippen molar-refractivity contribution in [1.82, 2.24) is 10.6 Å². The van der Waals surface area contributed by atoms with E-state index in [1.807, 2.05) is 0 Å². The highest BCUT2D eigenvalue weighted by Crippen LogP contribution is 2.18. The molecule has 1 aromatic carbocycles. The highest BCUT2D eigenvalue weighted by molar-refractivity contribution is 9.10. The van der Waals surface area contributed by atoms with Gasteiger partial charge in [-0.2, -0.15) is 0 Å². The van der Waals surface area contributed by atoms with Gasteiger partial charge in [-0.05, 0) is 31.0 Å². The summed E-state index contributed by atoms with van der Waals surface area (Å²) in [6, 6.07) is 4.79. The molecule has 92 valence electrons. The van der Waals surface area contributed by atoms with Gasteiger partial charge in [0.05, 0.1) is 0 Å². The van der Waals surface area contributed by atoms with Crippen molar-refractivity contribution in [3.8, 4) is 0 Å². The number of nitrogens with one attached hydrogen (secondary N) is 2. The molecule has 0 atom stereocenters. The number of amides is 1. The van der Waals surface area contributed by atoms with Crippen molar-refractivity contribution in [2.24, 2.45) is 0 Å². The third-order valence-electron chi connectivity index (χ3n) is 2.55. The Labute approximate surface area is 108 Å². The molecule has 0 spiro atoms. The molecule has 1 aliphatic rings. The summed E-state index contributed by atoms with van der Waals surface area (Å²) in [5.74, 6) is -0.663. The zero-order valence-electron chi connectivity index (χ0n) is 9.30. The predicted molar refractivity (Wildman–Crippen MR) is 67.5 cm³/mol. The Morgan fingerprint density at radius 1 is 1.35 bits per heavy atom. The van der Waals surface area contributed by atoms with Crippen LogP contribution in [0.1, 0.15) is 23.2 Å². The molecule has 1 fully saturated rings. The van der Waals surface area contributed by atoms with Gasteiger partial charge in [0.25, 0.3) is 5.91 Å². The molecule has 0 bridgehead atoms. The molecule has 0 radical (unpaired) electrons. The molecule has 2 N–H and O–H groups in total. The molecular weight excluding hydrogens is 287 g/mol. The molecule has 3 nitrogen and oxygen atoms in total. The first-order chi connectivity index (χ1) is 8.15. The van der Waals surface area contributed by atoms with E-state index in [1.54, 1.807) is 6.07 Å². The van der Waals surface area contributed by atoms with Crippen LogP contribution in [0.15, 0.2) is 22.7 Å². The maximum Gasteiger partial charge on any atom is 0.251 e. The van der Waals surface area contributed by atoms with Crippen LogP contribution in [0.3, 0.4) is 0 Å². The number of carbonyl (C=O) groups is 1. The van der Waals surface area contributed by atoms with Crippen LogP contribution in [0.25, 0.3) is 0 Å². The molecule has 17 heavy (non-hydrogen) atoms. The van der Waals surface area contributed by atoms with Gasteiger partial charge < -0.3 is 10.6 Å². The van der Waals surface area contributed by atoms with E-state index in [0.717, 1.165) is 6.54 Å². The van der Waals surface area contributed by atoms with Crippen molar-refractivity contribution in [3.05, 3.63) is 34.1 Å². The number of rotatable bonds is 5. The Morgan fingerprint density at radius 2 is 2.12 bits per heavy atom. The number of benzene rings is 1. The molecule has 0 aliphatic heterocycles. The molecule has 1 aromatic rings. The fraction of sp³-hybridized carbons (Fsp3) is 0.417. The van der Waals surface area contributed by atoms with Crippen molar-refractivity contribution < 1.29 is 9.18 Å². The van der Waals surface area contributed by atoms with Crippen LogP contribution in [-0.4, -0.2) is 25.0 Å². The molecule has 0 aromatic heterocycles. The highest BCUT2D eigenvalue weighted by Gasteiger charge is 2.19. The number of halogens is 2. The minimum Gasteiger partial charge on any atom is -0.351 e. The smallest absolute Gasteiger partial charge is 0.251 e. The molecule has 1 saturated carbocycles. The second kappa shape index (κ2) is 5.60. The minimum atomic E-state index is -0.416. The fourth-order valence-electron chi connectivity index (χ4n) is 1.53. The first-order valence-electron chi connectivity index (χ1n) is 5.63. The van der Waals surface area contributed by atoms with Crippen LogP contribution in [0.2, 0.25) is 0 Å². The highest BCUT2D eigenvalue weighted by atomic mass is 79.9. The van der Waals surface area contributed by atoms with Gasteiger partial charge in [0.15, 0.2) is 0 Å². The largest absolute Gasteiger partial charge is 0.351 e. The van der Waals surface area contributed by atoms with E-state index in [1.165, 1.54) is 25.0 Å². The molecular formula is C12H14BrFN2O. The van der Waals surface area contributed by atoms with Gasteiger partial charge in [0, 0.05) is 29.2 Å². The number of hydrogen-bond donors (Lipinski definition) is 2. The Hall–Kier alpha value is -0.940. The summed E-state index contributed by atoms with van der Waals surface area (Å²) in [7, 11) is 0. The van der Waals surface area contributed by atoms with Crippen molar-refractivity contribution in [2.75, 3.05) is 13.1 Å². The zero-order valence-corrected chi connectivity index (χ0v) is 10.9. The van der Waals surface area contributed by atoms with Crippen molar-refractivity contribution >= 4 is 21.8 Å². The lowest BCUT2D eigenvalue weighted by molar-refractivity contribution is 0.0953. The molecule has 1 aliphatic carbocycles. The average Bonchev–Trinajstić information content (AvgIpc) is 3.06. The van der Waals surface area contributed by atoms with Gasteiger partial charge in [-0.3, -0.25) is 4.79 Å². The van der Waals surface area contributed by atoms with Crippen molar-refractivity contribution in [1.29, 1.82) is 0 Å². The van der Waals surface area contributed by atoms with Gasteiger partial charge in [0.1, 0.15) is 5.82 Å². The predicted octanol–water partition coefficient (Wildman–Crippen LogP) is 2.07. The fourth-order valence-corrected chi connectivity index (χ4v) is 1.99. The molecule has 1 amide bonds. The second-order valence-electron chi connectivity index (χ2n) is 4.14. The molecule has 5 heteroatoms. The third-order valence-corrected chi connectivity index (χ3v) is 3.00. The average molecular weight is 301 g/mol. The SMILES string of the molecule is O=C(NCCNC1CC1)c1cc(F)cc(Br)c1. The second-order valence-corrected chi connectivity index (χ2v) is 5.06. The van der Waals surface area contributed by atoms with E-state index in [2.05, 4.69) is 26.6 Å². The van der Waals surface area contributed by atoms with Gasteiger partial charge in [-0.25, -0.2) is 4.39 Å². The Kier molecular flexibility index (Phi) is 4.12. The molecule has 2 rings (SSSR count). The standard InChI is InChI=1S/C12H14BrFN2O/c13-9-5-8(6-10(14)7-9)12(17)16-4-3-15-11-1-2-11/h5-7,11,15H,1-4H2,(H,16,17). The maximum absolute atomic E-state index is 13.1. The van der Waals surface area contributed by atoms with Crippen LogP contribution in [0.5, 0.6) is 0 Å². The molecule has 0 heterocycles. The first kappa shape index (κ1) is 12.5. The van der Waals surface area contributed by atoms with Gasteiger partial charge in [0.2, 0.25) is 0 Å². The van der Waals surface area contributed by atoms with Crippen molar-refractivity contribution in [3.63, 3.8) is 0 Å². The quantitative estimate of drug-likeness (QED) is 0.818. The van der Waals surface area contributed by atoms with Gasteiger partial charge >= 0.3 is 0 Å². The summed E-state index contributed by atoms with van der Waals surface area (Å²) < 4.78 is 13.6. The van der Waals surface area contributed by atoms with Crippen LogP contribution >= 0.6 is 15.9 Å². The van der Waals surface area contributed by atoms with E-state index in [9.17, 15) is 9.18 Å². The van der Waals surface area contributed by atoms with E-state index in [0.29, 0.717) is 22.6 Å². The van der Waals surface area contributed by atoms with Crippen molar-refractivity contribution in [2.45, 2.75) is 18.9 Å². The summed E-state index contributed by atoms with van der Waals surface area (Å²) in [4.78, 5) is 11.7. The first-order valence-corrected chi connectivity index (χ1v) is 6.42. The van der Waals surface area contributed by atoms with Gasteiger partial charge in [-0.15, -0.1) is 0 Å². The summed E-state index contributed by atoms with van der Waals surface area (Å²) in [5, 5.41) is 6.04. The summed E-state index contributed by atoms with van der Waals surface area (Å²) in [5.41, 5.74) is 0.336. The van der Waals surface area contributed by atoms with Crippen LogP contribution in [0, 0.1) is 5.82 Å². The normalized spacial score (nSPS) is 14.7. The van der Waals surface area contributed by atoms with Crippen LogP contribution in [0.4, 0.5) is 4.39 Å². The maximum atomic E-state index is 13.1. The molecule has 0 unspecified atom stereocenters. The minimum absolute atomic E-state index is 0.247. The topological polar surface area (TPSA) is 41.1 Å². The summed E-state index contributed by atoms with van der Waals surface area (Å²) in [6.45, 7) is 1.32. The van der Waals surface area contributed by atoms with E-state index in [-0.39, 0.29) is 5.91 Å². The monoisotopic (exact) mass is 300 g/mol. The summed E-state index contributed by atoms with van der Waals surface area (Å²) >= 11 is 3.16. The Morgan fingerprint density at radius 3 is 2.76 bits per heavy atom. The third kappa shape index (κ3) is 4.09. The van der Waals surface area contributed by atoms with E-state index >= 15 is 0 Å². The van der Waals surface area contributed by atoms with E-state index < -0.39 is 5.82 Å². The summed E-state index contributed by atoms with van der Waals surface area (Å²) in [6.07, 6.45) is 2.45. The van der Waals surface area contributed by atoms with E-state index in [4.69, 9.17) is 0 Å². The number of hydrogen-bond acceptors (Lipinski definition) is 2. The zero-order chi connectivity index (χ0) is 12.3. The van der Waals surface area contributed by atoms with Crippen LogP contribution < -0.4 is 10.6 Å². The number of carbonyl (C=O) groups excluding carboxylic acids is 1. The van der Waals surface area contributed by atoms with Gasteiger partial charge in [-0.1, -0.05) is 15.9 Å². The Bertz CT molecular complexity index is 401. The lowest BCUT2D eigenvalue weighted by Crippen LogP contribution is -2.32.